The van der Waals surface area contributed by atoms with Crippen LogP contribution in [-0.2, 0) is 6.54 Å². The summed E-state index contributed by atoms with van der Waals surface area (Å²) in [5.41, 5.74) is 5.27. The van der Waals surface area contributed by atoms with Crippen molar-refractivity contribution in [3.8, 4) is 0 Å². The van der Waals surface area contributed by atoms with E-state index in [9.17, 15) is 9.18 Å². The molecule has 0 spiro atoms. The molecule has 0 saturated carbocycles. The second kappa shape index (κ2) is 7.99. The lowest BCUT2D eigenvalue weighted by Gasteiger charge is -2.10. The Morgan fingerprint density at radius 1 is 1.10 bits per heavy atom. The summed E-state index contributed by atoms with van der Waals surface area (Å²) in [6.07, 6.45) is 0. The van der Waals surface area contributed by atoms with Crippen LogP contribution in [0, 0.1) is 26.6 Å². The first kappa shape index (κ1) is 20.2. The van der Waals surface area contributed by atoms with Crippen LogP contribution < -0.4 is 5.32 Å². The van der Waals surface area contributed by atoms with Crippen LogP contribution in [0.3, 0.4) is 0 Å². The molecule has 5 nitrogen and oxygen atoms in total. The van der Waals surface area contributed by atoms with Crippen molar-refractivity contribution in [3.05, 3.63) is 87.0 Å². The second-order valence-corrected chi connectivity index (χ2v) is 8.17. The molecule has 0 fully saturated rings. The number of nitrogens with zero attached hydrogens (tertiary/aromatic N) is 3. The molecular weight excluding hydrogens is 447 g/mol. The van der Waals surface area contributed by atoms with Gasteiger partial charge in [-0.2, -0.15) is 5.10 Å². The molecule has 0 saturated heterocycles. The van der Waals surface area contributed by atoms with Crippen molar-refractivity contribution in [3.63, 3.8) is 0 Å². The van der Waals surface area contributed by atoms with Gasteiger partial charge in [0.1, 0.15) is 5.82 Å². The van der Waals surface area contributed by atoms with Crippen LogP contribution in [0.1, 0.15) is 33.0 Å². The first-order chi connectivity index (χ1) is 14.3. The lowest BCUT2D eigenvalue weighted by Crippen LogP contribution is -2.14. The summed E-state index contributed by atoms with van der Waals surface area (Å²) < 4.78 is 15.9. The molecule has 0 bridgehead atoms. The first-order valence-electron chi connectivity index (χ1n) is 9.48. The van der Waals surface area contributed by atoms with Gasteiger partial charge in [-0.05, 0) is 62.7 Å². The van der Waals surface area contributed by atoms with Gasteiger partial charge in [-0.1, -0.05) is 28.1 Å². The van der Waals surface area contributed by atoms with E-state index in [1.165, 1.54) is 12.1 Å². The Morgan fingerprint density at radius 2 is 1.83 bits per heavy atom. The van der Waals surface area contributed by atoms with Crippen molar-refractivity contribution >= 4 is 38.4 Å². The molecule has 4 aromatic rings. The summed E-state index contributed by atoms with van der Waals surface area (Å²) in [5, 5.41) is 8.36. The summed E-state index contributed by atoms with van der Waals surface area (Å²) in [7, 11) is 0. The van der Waals surface area contributed by atoms with Crippen molar-refractivity contribution in [1.29, 1.82) is 0 Å². The summed E-state index contributed by atoms with van der Waals surface area (Å²) >= 11 is 3.47. The van der Waals surface area contributed by atoms with E-state index in [0.29, 0.717) is 17.8 Å². The third-order valence-electron chi connectivity index (χ3n) is 5.01. The number of carbonyl (C=O) groups excluding carboxylic acids is 1. The van der Waals surface area contributed by atoms with E-state index in [2.05, 4.69) is 31.3 Å². The molecule has 0 aliphatic rings. The maximum atomic E-state index is 13.2. The Balaban J connectivity index is 1.66. The van der Waals surface area contributed by atoms with Gasteiger partial charge in [0.15, 0.2) is 0 Å². The molecule has 1 amide bonds. The molecule has 4 rings (SSSR count). The second-order valence-electron chi connectivity index (χ2n) is 7.26. The number of fused-ring (bicyclic) bond motifs is 1. The van der Waals surface area contributed by atoms with Crippen LogP contribution in [0.2, 0.25) is 0 Å². The number of aromatic nitrogens is 3. The zero-order valence-corrected chi connectivity index (χ0v) is 18.4. The maximum absolute atomic E-state index is 13.2. The highest BCUT2D eigenvalue weighted by atomic mass is 79.9. The fraction of sp³-hybridized carbons (Fsp3) is 0.174. The molecule has 2 aromatic carbocycles. The Labute approximate surface area is 182 Å². The van der Waals surface area contributed by atoms with Gasteiger partial charge in [-0.15, -0.1) is 0 Å². The Hall–Kier alpha value is -3.06. The fourth-order valence-electron chi connectivity index (χ4n) is 3.49. The number of anilines is 1. The highest BCUT2D eigenvalue weighted by Gasteiger charge is 2.18. The zero-order chi connectivity index (χ0) is 21.4. The van der Waals surface area contributed by atoms with E-state index < -0.39 is 0 Å². The normalized spacial score (nSPS) is 11.1. The summed E-state index contributed by atoms with van der Waals surface area (Å²) in [6, 6.07) is 13.8. The number of hydrogen-bond donors (Lipinski definition) is 1. The van der Waals surface area contributed by atoms with Crippen molar-refractivity contribution in [1.82, 2.24) is 14.8 Å². The highest BCUT2D eigenvalue weighted by Crippen LogP contribution is 2.26. The molecular formula is C23H20BrFN4O. The number of pyridine rings is 1. The number of amides is 1. The van der Waals surface area contributed by atoms with Gasteiger partial charge in [0.2, 0.25) is 0 Å². The topological polar surface area (TPSA) is 59.8 Å². The molecule has 0 aliphatic heterocycles. The third-order valence-corrected chi connectivity index (χ3v) is 5.50. The lowest BCUT2D eigenvalue weighted by molar-refractivity contribution is 0.102. The van der Waals surface area contributed by atoms with E-state index in [-0.39, 0.29) is 11.7 Å². The van der Waals surface area contributed by atoms with Gasteiger partial charge in [-0.3, -0.25) is 14.5 Å². The van der Waals surface area contributed by atoms with Gasteiger partial charge >= 0.3 is 0 Å². The molecule has 7 heteroatoms. The number of aryl methyl sites for hydroxylation is 2. The van der Waals surface area contributed by atoms with Crippen molar-refractivity contribution in [2.75, 3.05) is 5.32 Å². The molecule has 1 N–H and O–H groups in total. The van der Waals surface area contributed by atoms with E-state index >= 15 is 0 Å². The van der Waals surface area contributed by atoms with Crippen LogP contribution in [-0.4, -0.2) is 20.7 Å². The number of hydrogen-bond acceptors (Lipinski definition) is 3. The quantitative estimate of drug-likeness (QED) is 0.428. The lowest BCUT2D eigenvalue weighted by atomic mass is 10.1. The van der Waals surface area contributed by atoms with E-state index in [0.717, 1.165) is 38.0 Å². The molecule has 2 aromatic heterocycles. The predicted octanol–water partition coefficient (Wildman–Crippen LogP) is 5.56. The minimum absolute atomic E-state index is 0.212. The van der Waals surface area contributed by atoms with E-state index in [1.54, 1.807) is 18.2 Å². The molecule has 0 aliphatic carbocycles. The predicted molar refractivity (Wildman–Crippen MR) is 119 cm³/mol. The monoisotopic (exact) mass is 466 g/mol. The molecule has 152 valence electrons. The summed E-state index contributed by atoms with van der Waals surface area (Å²) in [5.74, 6) is -0.484. The molecule has 30 heavy (non-hydrogen) atoms. The fourth-order valence-corrected chi connectivity index (χ4v) is 3.85. The van der Waals surface area contributed by atoms with Crippen molar-refractivity contribution < 1.29 is 9.18 Å². The average molecular weight is 467 g/mol. The van der Waals surface area contributed by atoms with Crippen molar-refractivity contribution in [2.45, 2.75) is 27.3 Å². The minimum Gasteiger partial charge on any atom is -0.319 e. The largest absolute Gasteiger partial charge is 0.319 e. The Bertz CT molecular complexity index is 1260. The van der Waals surface area contributed by atoms with Crippen LogP contribution in [0.15, 0.2) is 53.0 Å². The smallest absolute Gasteiger partial charge is 0.256 e. The number of rotatable bonds is 4. The van der Waals surface area contributed by atoms with Crippen LogP contribution >= 0.6 is 15.9 Å². The van der Waals surface area contributed by atoms with Crippen LogP contribution in [0.4, 0.5) is 10.1 Å². The zero-order valence-electron chi connectivity index (χ0n) is 16.8. The van der Waals surface area contributed by atoms with Gasteiger partial charge in [0.05, 0.1) is 34.7 Å². The minimum atomic E-state index is -0.272. The number of carbonyl (C=O) groups is 1. The average Bonchev–Trinajstić information content (AvgIpc) is 2.96. The summed E-state index contributed by atoms with van der Waals surface area (Å²) in [4.78, 5) is 17.7. The molecule has 2 heterocycles. The first-order valence-corrected chi connectivity index (χ1v) is 10.3. The molecule has 0 radical (unpaired) electrons. The standard InChI is InChI=1S/C23H20BrFN4O/c1-13-10-20(19-11-17(24)6-9-21(19)26-13)23(30)27-22-14(2)28-29(15(22)3)12-16-4-7-18(25)8-5-16/h4-11H,12H2,1-3H3,(H,27,30). The summed E-state index contributed by atoms with van der Waals surface area (Å²) in [6.45, 7) is 6.13. The van der Waals surface area contributed by atoms with Crippen LogP contribution in [0.5, 0.6) is 0 Å². The number of halogens is 2. The van der Waals surface area contributed by atoms with Crippen LogP contribution in [0.25, 0.3) is 10.9 Å². The SMILES string of the molecule is Cc1cc(C(=O)Nc2c(C)nn(Cc3ccc(F)cc3)c2C)c2cc(Br)ccc2n1. The van der Waals surface area contributed by atoms with E-state index in [4.69, 9.17) is 0 Å². The number of nitrogens with one attached hydrogen (secondary N) is 1. The van der Waals surface area contributed by atoms with Gasteiger partial charge < -0.3 is 5.32 Å². The van der Waals surface area contributed by atoms with E-state index in [1.807, 2.05) is 43.7 Å². The Kier molecular flexibility index (Phi) is 5.39. The highest BCUT2D eigenvalue weighted by molar-refractivity contribution is 9.10. The molecule has 0 atom stereocenters. The molecule has 0 unspecified atom stereocenters. The van der Waals surface area contributed by atoms with Gasteiger partial charge in [0.25, 0.3) is 5.91 Å². The van der Waals surface area contributed by atoms with Gasteiger partial charge in [0, 0.05) is 15.6 Å². The Morgan fingerprint density at radius 3 is 2.57 bits per heavy atom. The third kappa shape index (κ3) is 3.98. The number of benzene rings is 2. The van der Waals surface area contributed by atoms with Crippen molar-refractivity contribution in [2.24, 2.45) is 0 Å². The van der Waals surface area contributed by atoms with Gasteiger partial charge in [-0.25, -0.2) is 4.39 Å². The maximum Gasteiger partial charge on any atom is 0.256 e.